The molecule has 0 aliphatic carbocycles. The molecule has 0 unspecified atom stereocenters. The monoisotopic (exact) mass is 284 g/mol. The van der Waals surface area contributed by atoms with Crippen LogP contribution in [-0.2, 0) is 4.79 Å². The first-order valence-electron chi connectivity index (χ1n) is 6.85. The Morgan fingerprint density at radius 3 is 2.76 bits per heavy atom. The van der Waals surface area contributed by atoms with E-state index in [1.165, 1.54) is 6.20 Å². The van der Waals surface area contributed by atoms with E-state index in [-0.39, 0.29) is 17.9 Å². The van der Waals surface area contributed by atoms with Crippen LogP contribution < -0.4 is 10.2 Å². The number of hydrogen-bond acceptors (Lipinski definition) is 3. The van der Waals surface area contributed by atoms with E-state index in [4.69, 9.17) is 0 Å². The lowest BCUT2D eigenvalue weighted by Crippen LogP contribution is -2.42. The second-order valence-corrected chi connectivity index (χ2v) is 5.12. The highest BCUT2D eigenvalue weighted by Gasteiger charge is 2.38. The van der Waals surface area contributed by atoms with Gasteiger partial charge in [0, 0.05) is 17.9 Å². The maximum absolute atomic E-state index is 12.5. The first-order chi connectivity index (χ1) is 10.2. The van der Waals surface area contributed by atoms with E-state index in [2.05, 4.69) is 15.5 Å². The number of carbonyl (C=O) groups is 2. The molecule has 6 heteroatoms. The van der Waals surface area contributed by atoms with Gasteiger partial charge in [-0.25, -0.2) is 0 Å². The number of carbonyl (C=O) groups excluding carboxylic acids is 2. The highest BCUT2D eigenvalue weighted by molar-refractivity contribution is 6.03. The standard InChI is InChI=1S/C15H16N4O2/c1-10-9-13(17-14(20)12-7-8-16-18-12)15(21)19(10)11-5-3-2-4-6-11/h2-8,10,13H,9H2,1H3,(H,16,18)(H,17,20)/t10-,13+/m1/s1. The highest BCUT2D eigenvalue weighted by Crippen LogP contribution is 2.26. The Bertz CT molecular complexity index is 639. The van der Waals surface area contributed by atoms with Gasteiger partial charge in [-0.1, -0.05) is 18.2 Å². The summed E-state index contributed by atoms with van der Waals surface area (Å²) in [5.74, 6) is -0.394. The summed E-state index contributed by atoms with van der Waals surface area (Å²) >= 11 is 0. The van der Waals surface area contributed by atoms with Crippen LogP contribution in [0.15, 0.2) is 42.6 Å². The molecular weight excluding hydrogens is 268 g/mol. The zero-order valence-electron chi connectivity index (χ0n) is 11.6. The minimum absolute atomic E-state index is 0.0481. The van der Waals surface area contributed by atoms with E-state index in [1.807, 2.05) is 37.3 Å². The van der Waals surface area contributed by atoms with Crippen LogP contribution in [0.4, 0.5) is 5.69 Å². The topological polar surface area (TPSA) is 78.1 Å². The van der Waals surface area contributed by atoms with Crippen molar-refractivity contribution in [2.45, 2.75) is 25.4 Å². The Kier molecular flexibility index (Phi) is 3.43. The summed E-state index contributed by atoms with van der Waals surface area (Å²) in [6.07, 6.45) is 2.10. The quantitative estimate of drug-likeness (QED) is 0.892. The van der Waals surface area contributed by atoms with Crippen molar-refractivity contribution in [2.75, 3.05) is 4.90 Å². The third-order valence-corrected chi connectivity index (χ3v) is 3.64. The van der Waals surface area contributed by atoms with Crippen molar-refractivity contribution in [1.82, 2.24) is 15.5 Å². The lowest BCUT2D eigenvalue weighted by Gasteiger charge is -2.21. The van der Waals surface area contributed by atoms with Gasteiger partial charge in [0.2, 0.25) is 5.91 Å². The van der Waals surface area contributed by atoms with Crippen molar-refractivity contribution in [3.05, 3.63) is 48.3 Å². The molecule has 0 saturated carbocycles. The summed E-state index contributed by atoms with van der Waals surface area (Å²) in [4.78, 5) is 26.2. The first-order valence-corrected chi connectivity index (χ1v) is 6.85. The second kappa shape index (κ2) is 5.40. The highest BCUT2D eigenvalue weighted by atomic mass is 16.2. The van der Waals surface area contributed by atoms with Crippen LogP contribution in [0.3, 0.4) is 0 Å². The van der Waals surface area contributed by atoms with Gasteiger partial charge in [0.05, 0.1) is 0 Å². The predicted octanol–water partition coefficient (Wildman–Crippen LogP) is 1.33. The summed E-state index contributed by atoms with van der Waals surface area (Å²) in [5.41, 5.74) is 1.21. The Morgan fingerprint density at radius 2 is 2.10 bits per heavy atom. The predicted molar refractivity (Wildman–Crippen MR) is 77.8 cm³/mol. The number of para-hydroxylation sites is 1. The molecule has 2 atom stereocenters. The van der Waals surface area contributed by atoms with Gasteiger partial charge in [-0.3, -0.25) is 14.7 Å². The molecule has 0 spiro atoms. The van der Waals surface area contributed by atoms with Crippen molar-refractivity contribution in [3.8, 4) is 0 Å². The molecule has 0 radical (unpaired) electrons. The molecule has 1 aliphatic heterocycles. The van der Waals surface area contributed by atoms with E-state index in [0.717, 1.165) is 5.69 Å². The number of aromatic nitrogens is 2. The maximum Gasteiger partial charge on any atom is 0.269 e. The van der Waals surface area contributed by atoms with Gasteiger partial charge in [0.15, 0.2) is 0 Å². The van der Waals surface area contributed by atoms with E-state index in [9.17, 15) is 9.59 Å². The average Bonchev–Trinajstić information content (AvgIpc) is 3.09. The number of amides is 2. The summed E-state index contributed by atoms with van der Waals surface area (Å²) in [6.45, 7) is 1.98. The first kappa shape index (κ1) is 13.4. The molecule has 1 fully saturated rings. The fourth-order valence-corrected chi connectivity index (χ4v) is 2.64. The van der Waals surface area contributed by atoms with Crippen LogP contribution >= 0.6 is 0 Å². The number of aromatic amines is 1. The molecule has 1 aromatic heterocycles. The normalized spacial score (nSPS) is 21.6. The van der Waals surface area contributed by atoms with E-state index in [0.29, 0.717) is 12.1 Å². The number of nitrogens with zero attached hydrogens (tertiary/aromatic N) is 2. The number of rotatable bonds is 3. The van der Waals surface area contributed by atoms with Gasteiger partial charge in [-0.05, 0) is 31.5 Å². The number of nitrogens with one attached hydrogen (secondary N) is 2. The molecule has 6 nitrogen and oxygen atoms in total. The average molecular weight is 284 g/mol. The zero-order valence-corrected chi connectivity index (χ0v) is 11.6. The van der Waals surface area contributed by atoms with Crippen molar-refractivity contribution in [1.29, 1.82) is 0 Å². The molecule has 0 bridgehead atoms. The molecule has 2 aromatic rings. The van der Waals surface area contributed by atoms with E-state index >= 15 is 0 Å². The van der Waals surface area contributed by atoms with Gasteiger partial charge >= 0.3 is 0 Å². The van der Waals surface area contributed by atoms with Gasteiger partial charge in [0.25, 0.3) is 5.91 Å². The smallest absolute Gasteiger partial charge is 0.269 e. The number of H-pyrrole nitrogens is 1. The van der Waals surface area contributed by atoms with Gasteiger partial charge in [-0.15, -0.1) is 0 Å². The Labute approximate surface area is 122 Å². The van der Waals surface area contributed by atoms with Crippen molar-refractivity contribution < 1.29 is 9.59 Å². The molecule has 2 heterocycles. The molecule has 1 saturated heterocycles. The molecule has 2 N–H and O–H groups in total. The third-order valence-electron chi connectivity index (χ3n) is 3.64. The molecule has 1 aliphatic rings. The minimum Gasteiger partial charge on any atom is -0.339 e. The Balaban J connectivity index is 1.75. The van der Waals surface area contributed by atoms with Crippen LogP contribution in [0.1, 0.15) is 23.8 Å². The fourth-order valence-electron chi connectivity index (χ4n) is 2.64. The fraction of sp³-hybridized carbons (Fsp3) is 0.267. The SMILES string of the molecule is C[C@@H]1C[C@H](NC(=O)c2ccn[nH]2)C(=O)N1c1ccccc1. The van der Waals surface area contributed by atoms with Crippen LogP contribution in [0.2, 0.25) is 0 Å². The molecule has 21 heavy (non-hydrogen) atoms. The Morgan fingerprint density at radius 1 is 1.33 bits per heavy atom. The van der Waals surface area contributed by atoms with Crippen LogP contribution in [-0.4, -0.2) is 34.1 Å². The maximum atomic E-state index is 12.5. The summed E-state index contributed by atoms with van der Waals surface area (Å²) in [5, 5.41) is 9.09. The van der Waals surface area contributed by atoms with Gasteiger partial charge in [0.1, 0.15) is 11.7 Å². The lowest BCUT2D eigenvalue weighted by atomic mass is 10.2. The second-order valence-electron chi connectivity index (χ2n) is 5.12. The summed E-state index contributed by atoms with van der Waals surface area (Å²) < 4.78 is 0. The third kappa shape index (κ3) is 2.52. The van der Waals surface area contributed by atoms with Crippen LogP contribution in [0.25, 0.3) is 0 Å². The number of benzene rings is 1. The number of hydrogen-bond donors (Lipinski definition) is 2. The van der Waals surface area contributed by atoms with Gasteiger partial charge in [-0.2, -0.15) is 5.10 Å². The van der Waals surface area contributed by atoms with E-state index in [1.54, 1.807) is 11.0 Å². The van der Waals surface area contributed by atoms with Crippen LogP contribution in [0.5, 0.6) is 0 Å². The van der Waals surface area contributed by atoms with E-state index < -0.39 is 6.04 Å². The largest absolute Gasteiger partial charge is 0.339 e. The van der Waals surface area contributed by atoms with Crippen molar-refractivity contribution in [2.24, 2.45) is 0 Å². The van der Waals surface area contributed by atoms with Crippen LogP contribution in [0, 0.1) is 0 Å². The van der Waals surface area contributed by atoms with Crippen molar-refractivity contribution in [3.63, 3.8) is 0 Å². The zero-order chi connectivity index (χ0) is 14.8. The Hall–Kier alpha value is -2.63. The molecular formula is C15H16N4O2. The van der Waals surface area contributed by atoms with Gasteiger partial charge < -0.3 is 10.2 Å². The minimum atomic E-state index is -0.504. The molecule has 108 valence electrons. The molecule has 2 amide bonds. The summed E-state index contributed by atoms with van der Waals surface area (Å²) in [6, 6.07) is 10.6. The molecule has 3 rings (SSSR count). The summed E-state index contributed by atoms with van der Waals surface area (Å²) in [7, 11) is 0. The lowest BCUT2D eigenvalue weighted by molar-refractivity contribution is -0.118. The molecule has 1 aromatic carbocycles. The number of anilines is 1. The van der Waals surface area contributed by atoms with Crippen molar-refractivity contribution >= 4 is 17.5 Å².